The lowest BCUT2D eigenvalue weighted by Crippen LogP contribution is -2.35. The van der Waals surface area contributed by atoms with E-state index < -0.39 is 0 Å². The first-order valence-electron chi connectivity index (χ1n) is 7.81. The maximum absolute atomic E-state index is 12.9. The predicted octanol–water partition coefficient (Wildman–Crippen LogP) is 2.22. The van der Waals surface area contributed by atoms with E-state index in [0.29, 0.717) is 17.9 Å². The first kappa shape index (κ1) is 14.5. The largest absolute Gasteiger partial charge is 0.345 e. The van der Waals surface area contributed by atoms with Crippen LogP contribution in [-0.2, 0) is 11.2 Å². The molecule has 1 N–H and O–H groups in total. The number of rotatable bonds is 4. The summed E-state index contributed by atoms with van der Waals surface area (Å²) < 4.78 is 12.9. The molecule has 1 aromatic rings. The lowest BCUT2D eigenvalue weighted by Gasteiger charge is -2.25. The lowest BCUT2D eigenvalue weighted by molar-refractivity contribution is -0.132. The van der Waals surface area contributed by atoms with Gasteiger partial charge in [0.1, 0.15) is 5.82 Å². The molecule has 1 atom stereocenters. The molecule has 0 aromatic heterocycles. The second kappa shape index (κ2) is 5.76. The van der Waals surface area contributed by atoms with Crippen LogP contribution < -0.4 is 5.32 Å². The minimum atomic E-state index is -0.214. The van der Waals surface area contributed by atoms with Crippen molar-refractivity contribution in [2.45, 2.75) is 25.7 Å². The van der Waals surface area contributed by atoms with Crippen LogP contribution in [-0.4, -0.2) is 37.5 Å². The standard InChI is InChI=1S/C17H23FN2O/c1-20(11-6-13-2-4-14(18)5-3-13)16(21)15-12-17(15)7-9-19-10-8-17/h2-5,15,19H,6-12H2,1H3. The number of hydrogen-bond donors (Lipinski definition) is 1. The molecular weight excluding hydrogens is 267 g/mol. The van der Waals surface area contributed by atoms with E-state index in [9.17, 15) is 9.18 Å². The SMILES string of the molecule is CN(CCc1ccc(F)cc1)C(=O)C1CC12CCNCC2. The first-order chi connectivity index (χ1) is 10.1. The van der Waals surface area contributed by atoms with Crippen LogP contribution in [0, 0.1) is 17.2 Å². The van der Waals surface area contributed by atoms with E-state index in [-0.39, 0.29) is 11.7 Å². The number of nitrogens with zero attached hydrogens (tertiary/aromatic N) is 1. The molecule has 1 aliphatic carbocycles. The van der Waals surface area contributed by atoms with Crippen LogP contribution in [0.4, 0.5) is 4.39 Å². The molecule has 1 aliphatic heterocycles. The van der Waals surface area contributed by atoms with Gasteiger partial charge in [0.15, 0.2) is 0 Å². The van der Waals surface area contributed by atoms with Crippen LogP contribution in [0.2, 0.25) is 0 Å². The Kier molecular flexibility index (Phi) is 3.98. The zero-order chi connectivity index (χ0) is 14.9. The molecule has 3 rings (SSSR count). The monoisotopic (exact) mass is 290 g/mol. The molecule has 0 radical (unpaired) electrons. The molecule has 1 aromatic carbocycles. The third-order valence-electron chi connectivity index (χ3n) is 5.11. The molecule has 3 nitrogen and oxygen atoms in total. The van der Waals surface area contributed by atoms with Crippen LogP contribution in [0.1, 0.15) is 24.8 Å². The minimum absolute atomic E-state index is 0.214. The maximum atomic E-state index is 12.9. The Morgan fingerprint density at radius 2 is 2.00 bits per heavy atom. The molecule has 1 amide bonds. The van der Waals surface area contributed by atoms with Crippen molar-refractivity contribution in [2.75, 3.05) is 26.7 Å². The highest BCUT2D eigenvalue weighted by molar-refractivity contribution is 5.82. The summed E-state index contributed by atoms with van der Waals surface area (Å²) in [5.41, 5.74) is 1.37. The molecule has 2 fully saturated rings. The predicted molar refractivity (Wildman–Crippen MR) is 80.4 cm³/mol. The van der Waals surface area contributed by atoms with E-state index >= 15 is 0 Å². The Hall–Kier alpha value is -1.42. The second-order valence-electron chi connectivity index (χ2n) is 6.51. The van der Waals surface area contributed by atoms with E-state index in [1.165, 1.54) is 12.1 Å². The molecule has 114 valence electrons. The van der Waals surface area contributed by atoms with Crippen molar-refractivity contribution < 1.29 is 9.18 Å². The first-order valence-corrected chi connectivity index (χ1v) is 7.81. The summed E-state index contributed by atoms with van der Waals surface area (Å²) in [5.74, 6) is 0.311. The van der Waals surface area contributed by atoms with Crippen molar-refractivity contribution in [3.05, 3.63) is 35.6 Å². The lowest BCUT2D eigenvalue weighted by atomic mass is 9.91. The molecule has 21 heavy (non-hydrogen) atoms. The summed E-state index contributed by atoms with van der Waals surface area (Å²) >= 11 is 0. The third kappa shape index (κ3) is 3.10. The normalized spacial score (nSPS) is 23.0. The number of likely N-dealkylation sites (N-methyl/N-ethyl adjacent to an activating group) is 1. The summed E-state index contributed by atoms with van der Waals surface area (Å²) in [7, 11) is 1.89. The highest BCUT2D eigenvalue weighted by Crippen LogP contribution is 2.59. The summed E-state index contributed by atoms with van der Waals surface area (Å²) in [6.07, 6.45) is 4.11. The van der Waals surface area contributed by atoms with E-state index in [1.807, 2.05) is 11.9 Å². The fraction of sp³-hybridized carbons (Fsp3) is 0.588. The highest BCUT2D eigenvalue weighted by atomic mass is 19.1. The van der Waals surface area contributed by atoms with Gasteiger partial charge in [-0.25, -0.2) is 4.39 Å². The van der Waals surface area contributed by atoms with Crippen molar-refractivity contribution in [3.63, 3.8) is 0 Å². The second-order valence-corrected chi connectivity index (χ2v) is 6.51. The summed E-state index contributed by atoms with van der Waals surface area (Å²) in [6.45, 7) is 2.79. The molecule has 1 spiro atoms. The number of piperidine rings is 1. The van der Waals surface area contributed by atoms with E-state index in [2.05, 4.69) is 5.32 Å². The quantitative estimate of drug-likeness (QED) is 0.922. The summed E-state index contributed by atoms with van der Waals surface area (Å²) in [6, 6.07) is 6.53. The smallest absolute Gasteiger partial charge is 0.226 e. The molecular formula is C17H23FN2O. The number of benzene rings is 1. The Balaban J connectivity index is 1.50. The van der Waals surface area contributed by atoms with Gasteiger partial charge in [-0.15, -0.1) is 0 Å². The number of halogens is 1. The van der Waals surface area contributed by atoms with E-state index in [4.69, 9.17) is 0 Å². The van der Waals surface area contributed by atoms with Gasteiger partial charge in [0.2, 0.25) is 5.91 Å². The van der Waals surface area contributed by atoms with Gasteiger partial charge in [0.05, 0.1) is 0 Å². The minimum Gasteiger partial charge on any atom is -0.345 e. The molecule has 1 unspecified atom stereocenters. The van der Waals surface area contributed by atoms with Crippen LogP contribution in [0.25, 0.3) is 0 Å². The number of hydrogen-bond acceptors (Lipinski definition) is 2. The number of nitrogens with one attached hydrogen (secondary N) is 1. The van der Waals surface area contributed by atoms with Gasteiger partial charge in [0.25, 0.3) is 0 Å². The summed E-state index contributed by atoms with van der Waals surface area (Å²) in [5, 5.41) is 3.36. The van der Waals surface area contributed by atoms with Crippen LogP contribution in [0.3, 0.4) is 0 Å². The number of amides is 1. The van der Waals surface area contributed by atoms with Gasteiger partial charge in [-0.3, -0.25) is 4.79 Å². The van der Waals surface area contributed by atoms with Gasteiger partial charge >= 0.3 is 0 Å². The number of carbonyl (C=O) groups excluding carboxylic acids is 1. The summed E-state index contributed by atoms with van der Waals surface area (Å²) in [4.78, 5) is 14.4. The average Bonchev–Trinajstić information content (AvgIpc) is 3.19. The van der Waals surface area contributed by atoms with Crippen molar-refractivity contribution in [2.24, 2.45) is 11.3 Å². The van der Waals surface area contributed by atoms with Crippen LogP contribution in [0.15, 0.2) is 24.3 Å². The van der Waals surface area contributed by atoms with Crippen LogP contribution >= 0.6 is 0 Å². The molecule has 1 heterocycles. The third-order valence-corrected chi connectivity index (χ3v) is 5.11. The zero-order valence-corrected chi connectivity index (χ0v) is 12.6. The Morgan fingerprint density at radius 1 is 1.33 bits per heavy atom. The molecule has 2 aliphatic rings. The molecule has 1 saturated heterocycles. The fourth-order valence-electron chi connectivity index (χ4n) is 3.50. The average molecular weight is 290 g/mol. The van der Waals surface area contributed by atoms with Crippen molar-refractivity contribution in [1.82, 2.24) is 10.2 Å². The van der Waals surface area contributed by atoms with Gasteiger partial charge in [-0.05, 0) is 61.9 Å². The fourth-order valence-corrected chi connectivity index (χ4v) is 3.50. The maximum Gasteiger partial charge on any atom is 0.226 e. The molecule has 4 heteroatoms. The Morgan fingerprint density at radius 3 is 2.67 bits per heavy atom. The number of carbonyl (C=O) groups is 1. The van der Waals surface area contributed by atoms with Gasteiger partial charge in [-0.1, -0.05) is 12.1 Å². The van der Waals surface area contributed by atoms with Crippen molar-refractivity contribution >= 4 is 5.91 Å². The molecule has 0 bridgehead atoms. The van der Waals surface area contributed by atoms with Gasteiger partial charge in [0, 0.05) is 19.5 Å². The van der Waals surface area contributed by atoms with E-state index in [0.717, 1.165) is 44.3 Å². The van der Waals surface area contributed by atoms with Crippen molar-refractivity contribution in [3.8, 4) is 0 Å². The zero-order valence-electron chi connectivity index (χ0n) is 12.6. The van der Waals surface area contributed by atoms with Crippen molar-refractivity contribution in [1.29, 1.82) is 0 Å². The van der Waals surface area contributed by atoms with E-state index in [1.54, 1.807) is 12.1 Å². The van der Waals surface area contributed by atoms with Crippen LogP contribution in [0.5, 0.6) is 0 Å². The highest BCUT2D eigenvalue weighted by Gasteiger charge is 2.58. The topological polar surface area (TPSA) is 32.3 Å². The Labute approximate surface area is 125 Å². The van der Waals surface area contributed by atoms with Gasteiger partial charge in [-0.2, -0.15) is 0 Å². The molecule has 1 saturated carbocycles. The van der Waals surface area contributed by atoms with Gasteiger partial charge < -0.3 is 10.2 Å². The Bertz CT molecular complexity index is 508.